The fraction of sp³-hybridized carbons (Fsp3) is 0.441. The number of hydrogen-bond donors (Lipinski definition) is 0. The summed E-state index contributed by atoms with van der Waals surface area (Å²) in [5.41, 5.74) is 5.93. The van der Waals surface area contributed by atoms with Crippen LogP contribution >= 0.6 is 23.2 Å². The molecule has 0 bridgehead atoms. The zero-order valence-corrected chi connectivity index (χ0v) is 25.8. The number of unbranched alkanes of at least 4 members (excludes halogenated alkanes) is 1. The highest BCUT2D eigenvalue weighted by molar-refractivity contribution is 6.42. The molecule has 0 aliphatic carbocycles. The third-order valence-corrected chi connectivity index (χ3v) is 8.71. The van der Waals surface area contributed by atoms with Crippen molar-refractivity contribution >= 4 is 34.8 Å². The lowest BCUT2D eigenvalue weighted by Crippen LogP contribution is -2.32. The third-order valence-electron chi connectivity index (χ3n) is 7.90. The van der Waals surface area contributed by atoms with Gasteiger partial charge in [-0.2, -0.15) is 0 Å². The summed E-state index contributed by atoms with van der Waals surface area (Å²) in [6, 6.07) is 20.8. The average Bonchev–Trinajstić information content (AvgIpc) is 2.94. The topological polar surface area (TPSA) is 32.8 Å². The maximum absolute atomic E-state index is 12.2. The van der Waals surface area contributed by atoms with Gasteiger partial charge < -0.3 is 9.64 Å². The van der Waals surface area contributed by atoms with Gasteiger partial charge in [0.2, 0.25) is 5.91 Å². The Morgan fingerprint density at radius 2 is 1.68 bits per heavy atom. The predicted molar refractivity (Wildman–Crippen MR) is 168 cm³/mol. The summed E-state index contributed by atoms with van der Waals surface area (Å²) >= 11 is 13.4. The zero-order valence-electron chi connectivity index (χ0n) is 24.3. The normalized spacial score (nSPS) is 14.5. The monoisotopic (exact) mass is 580 g/mol. The predicted octanol–water partition coefficient (Wildman–Crippen LogP) is 8.71. The Morgan fingerprint density at radius 1 is 0.975 bits per heavy atom. The molecule has 1 saturated heterocycles. The van der Waals surface area contributed by atoms with Crippen LogP contribution in [0.5, 0.6) is 5.75 Å². The Kier molecular flexibility index (Phi) is 10.9. The number of nitrogens with zero attached hydrogens (tertiary/aromatic N) is 2. The van der Waals surface area contributed by atoms with Crippen LogP contribution in [-0.2, 0) is 24.2 Å². The van der Waals surface area contributed by atoms with Gasteiger partial charge in [0.1, 0.15) is 5.75 Å². The number of benzene rings is 3. The molecule has 3 aromatic carbocycles. The van der Waals surface area contributed by atoms with Crippen molar-refractivity contribution in [1.29, 1.82) is 0 Å². The minimum absolute atomic E-state index is 0.0122. The number of aryl methyl sites for hydroxylation is 1. The van der Waals surface area contributed by atoms with Crippen LogP contribution in [0.1, 0.15) is 74.6 Å². The maximum Gasteiger partial charge on any atom is 0.223 e. The molecule has 1 heterocycles. The van der Waals surface area contributed by atoms with Crippen molar-refractivity contribution in [1.82, 2.24) is 4.90 Å². The largest absolute Gasteiger partial charge is 0.491 e. The molecule has 1 aliphatic rings. The van der Waals surface area contributed by atoms with E-state index in [9.17, 15) is 4.79 Å². The second-order valence-electron chi connectivity index (χ2n) is 11.2. The molecule has 1 fully saturated rings. The SMILES string of the molecule is CC(=O)N(C)c1cccc(OC(C)C)c1CCCCc1ccc(Cl)c(Cl)c1C1CCN(Cc2ccccc2)CC1. The van der Waals surface area contributed by atoms with Crippen LogP contribution in [-0.4, -0.2) is 37.0 Å². The molecule has 0 N–H and O–H groups in total. The van der Waals surface area contributed by atoms with E-state index in [-0.39, 0.29) is 12.0 Å². The van der Waals surface area contributed by atoms with Gasteiger partial charge in [-0.15, -0.1) is 0 Å². The van der Waals surface area contributed by atoms with Gasteiger partial charge in [0, 0.05) is 26.1 Å². The van der Waals surface area contributed by atoms with Crippen LogP contribution < -0.4 is 9.64 Å². The van der Waals surface area contributed by atoms with Crippen molar-refractivity contribution in [2.24, 2.45) is 0 Å². The van der Waals surface area contributed by atoms with Crippen molar-refractivity contribution in [2.45, 2.75) is 77.9 Å². The van der Waals surface area contributed by atoms with Gasteiger partial charge in [-0.1, -0.05) is 65.7 Å². The molecule has 1 amide bonds. The lowest BCUT2D eigenvalue weighted by Gasteiger charge is -2.33. The first kappa shape index (κ1) is 30.4. The van der Waals surface area contributed by atoms with E-state index in [1.807, 2.05) is 45.2 Å². The molecule has 0 spiro atoms. The second kappa shape index (κ2) is 14.4. The molecule has 40 heavy (non-hydrogen) atoms. The smallest absolute Gasteiger partial charge is 0.223 e. The number of ether oxygens (including phenoxy) is 1. The van der Waals surface area contributed by atoms with E-state index in [1.165, 1.54) is 16.7 Å². The van der Waals surface area contributed by atoms with E-state index in [1.54, 1.807) is 11.8 Å². The number of carbonyl (C=O) groups excluding carboxylic acids is 1. The summed E-state index contributed by atoms with van der Waals surface area (Å²) in [5, 5.41) is 1.37. The molecule has 0 unspecified atom stereocenters. The molecule has 214 valence electrons. The summed E-state index contributed by atoms with van der Waals surface area (Å²) in [4.78, 5) is 16.4. The number of piperidine rings is 1. The molecule has 4 nitrogen and oxygen atoms in total. The van der Waals surface area contributed by atoms with E-state index in [4.69, 9.17) is 27.9 Å². The van der Waals surface area contributed by atoms with Gasteiger partial charge in [-0.05, 0) is 106 Å². The van der Waals surface area contributed by atoms with Gasteiger partial charge in [0.15, 0.2) is 0 Å². The first-order valence-electron chi connectivity index (χ1n) is 14.5. The maximum atomic E-state index is 12.2. The molecular formula is C34H42Cl2N2O2. The van der Waals surface area contributed by atoms with Gasteiger partial charge in [-0.25, -0.2) is 0 Å². The van der Waals surface area contributed by atoms with Crippen LogP contribution in [0, 0.1) is 0 Å². The Labute approximate surface area is 250 Å². The van der Waals surface area contributed by atoms with Gasteiger partial charge in [-0.3, -0.25) is 9.69 Å². The van der Waals surface area contributed by atoms with E-state index in [0.29, 0.717) is 10.9 Å². The van der Waals surface area contributed by atoms with E-state index in [2.05, 4.69) is 41.3 Å². The molecular weight excluding hydrogens is 539 g/mol. The minimum Gasteiger partial charge on any atom is -0.491 e. The molecule has 1 aliphatic heterocycles. The number of halogens is 2. The lowest BCUT2D eigenvalue weighted by molar-refractivity contribution is -0.116. The second-order valence-corrected chi connectivity index (χ2v) is 12.0. The van der Waals surface area contributed by atoms with Gasteiger partial charge >= 0.3 is 0 Å². The van der Waals surface area contributed by atoms with E-state index in [0.717, 1.165) is 80.2 Å². The molecule has 4 rings (SSSR count). The number of amides is 1. The average molecular weight is 582 g/mol. The molecule has 0 radical (unpaired) electrons. The Bertz CT molecular complexity index is 1270. The standard InChI is InChI=1S/C34H42Cl2N2O2/c1-24(2)40-32-16-10-15-31(37(4)25(3)39)29(32)14-9-8-13-27-17-18-30(35)34(36)33(27)28-19-21-38(22-20-28)23-26-11-6-5-7-12-26/h5-7,10-12,15-18,24,28H,8-9,13-14,19-23H2,1-4H3. The quantitative estimate of drug-likeness (QED) is 0.212. The fourth-order valence-corrected chi connectivity index (χ4v) is 6.26. The van der Waals surface area contributed by atoms with Crippen LogP contribution in [0.25, 0.3) is 0 Å². The summed E-state index contributed by atoms with van der Waals surface area (Å²) < 4.78 is 6.13. The first-order chi connectivity index (χ1) is 19.2. The number of anilines is 1. The van der Waals surface area contributed by atoms with Gasteiger partial charge in [0.25, 0.3) is 0 Å². The summed E-state index contributed by atoms with van der Waals surface area (Å²) in [5.74, 6) is 1.29. The highest BCUT2D eigenvalue weighted by Gasteiger charge is 2.25. The molecule has 3 aromatic rings. The molecule has 0 saturated carbocycles. The van der Waals surface area contributed by atoms with E-state index < -0.39 is 0 Å². The number of carbonyl (C=O) groups is 1. The fourth-order valence-electron chi connectivity index (χ4n) is 5.76. The number of rotatable bonds is 11. The van der Waals surface area contributed by atoms with Crippen molar-refractivity contribution in [3.8, 4) is 5.75 Å². The molecule has 0 atom stereocenters. The lowest BCUT2D eigenvalue weighted by atomic mass is 9.84. The van der Waals surface area contributed by atoms with Crippen molar-refractivity contribution in [3.63, 3.8) is 0 Å². The minimum atomic E-state index is 0.0122. The molecule has 0 aromatic heterocycles. The van der Waals surface area contributed by atoms with Crippen LogP contribution in [0.4, 0.5) is 5.69 Å². The zero-order chi connectivity index (χ0) is 28.6. The summed E-state index contributed by atoms with van der Waals surface area (Å²) in [7, 11) is 1.83. The number of hydrogen-bond acceptors (Lipinski definition) is 3. The highest BCUT2D eigenvalue weighted by Crippen LogP contribution is 2.40. The van der Waals surface area contributed by atoms with Crippen LogP contribution in [0.15, 0.2) is 60.7 Å². The molecule has 6 heteroatoms. The Hall–Kier alpha value is -2.53. The first-order valence-corrected chi connectivity index (χ1v) is 15.3. The third kappa shape index (κ3) is 7.81. The van der Waals surface area contributed by atoms with Gasteiger partial charge in [0.05, 0.1) is 21.8 Å². The highest BCUT2D eigenvalue weighted by atomic mass is 35.5. The Morgan fingerprint density at radius 3 is 2.35 bits per heavy atom. The number of likely N-dealkylation sites (tertiary alicyclic amines) is 1. The van der Waals surface area contributed by atoms with Crippen LogP contribution in [0.2, 0.25) is 10.0 Å². The van der Waals surface area contributed by atoms with Crippen molar-refractivity contribution < 1.29 is 9.53 Å². The van der Waals surface area contributed by atoms with Crippen molar-refractivity contribution in [2.75, 3.05) is 25.0 Å². The Balaban J connectivity index is 1.42. The van der Waals surface area contributed by atoms with Crippen molar-refractivity contribution in [3.05, 3.63) is 93.0 Å². The summed E-state index contributed by atoms with van der Waals surface area (Å²) in [6.45, 7) is 8.76. The van der Waals surface area contributed by atoms with Crippen LogP contribution in [0.3, 0.4) is 0 Å². The summed E-state index contributed by atoms with van der Waals surface area (Å²) in [6.07, 6.45) is 6.01. The van der Waals surface area contributed by atoms with E-state index >= 15 is 0 Å².